The normalized spacial score (nSPS) is 31.0. The summed E-state index contributed by atoms with van der Waals surface area (Å²) in [4.78, 5) is 17.3. The molecule has 1 atom stereocenters. The van der Waals surface area contributed by atoms with Crippen LogP contribution in [0.1, 0.15) is 45.4 Å². The summed E-state index contributed by atoms with van der Waals surface area (Å²) in [6.07, 6.45) is 10.0. The van der Waals surface area contributed by atoms with Crippen LogP contribution in [0.5, 0.6) is 0 Å². The highest BCUT2D eigenvalue weighted by molar-refractivity contribution is 7.99. The number of nitrogens with zero attached hydrogens (tertiary/aromatic N) is 2. The van der Waals surface area contributed by atoms with Crippen LogP contribution >= 0.6 is 11.8 Å². The molecule has 4 aliphatic carbocycles. The maximum Gasteiger partial charge on any atom is 0.230 e. The van der Waals surface area contributed by atoms with Crippen molar-refractivity contribution < 1.29 is 4.79 Å². The van der Waals surface area contributed by atoms with E-state index in [1.807, 2.05) is 36.5 Å². The molecule has 1 amide bonds. The van der Waals surface area contributed by atoms with Crippen LogP contribution in [0.4, 0.5) is 0 Å². The number of benzene rings is 1. The molecule has 29 heavy (non-hydrogen) atoms. The molecule has 6 rings (SSSR count). The summed E-state index contributed by atoms with van der Waals surface area (Å²) in [5, 5.41) is 4.00. The number of hydrogen-bond acceptors (Lipinski definition) is 4. The molecule has 4 fully saturated rings. The molecule has 6 heteroatoms. The third kappa shape index (κ3) is 3.67. The predicted molar refractivity (Wildman–Crippen MR) is 117 cm³/mol. The first-order chi connectivity index (χ1) is 14.0. The summed E-state index contributed by atoms with van der Waals surface area (Å²) < 4.78 is 1.52. The Hall–Kier alpha value is -1.95. The van der Waals surface area contributed by atoms with E-state index < -0.39 is 0 Å². The third-order valence-electron chi connectivity index (χ3n) is 7.48. The highest BCUT2D eigenvalue weighted by atomic mass is 32.2. The van der Waals surface area contributed by atoms with Crippen molar-refractivity contribution in [3.05, 3.63) is 36.5 Å². The summed E-state index contributed by atoms with van der Waals surface area (Å²) in [6, 6.07) is 10.2. The number of imidazole rings is 1. The molecule has 3 N–H and O–H groups in total. The van der Waals surface area contributed by atoms with Crippen molar-refractivity contribution in [2.24, 2.45) is 23.2 Å². The van der Waals surface area contributed by atoms with Crippen LogP contribution in [0, 0.1) is 23.2 Å². The van der Waals surface area contributed by atoms with Gasteiger partial charge in [-0.3, -0.25) is 4.79 Å². The van der Waals surface area contributed by atoms with E-state index in [4.69, 9.17) is 5.84 Å². The van der Waals surface area contributed by atoms with Gasteiger partial charge in [-0.15, -0.1) is 0 Å². The first kappa shape index (κ1) is 19.0. The van der Waals surface area contributed by atoms with E-state index >= 15 is 0 Å². The van der Waals surface area contributed by atoms with Gasteiger partial charge in [0, 0.05) is 11.6 Å². The second-order valence-electron chi connectivity index (χ2n) is 9.54. The van der Waals surface area contributed by atoms with Gasteiger partial charge < -0.3 is 11.2 Å². The van der Waals surface area contributed by atoms with Gasteiger partial charge in [-0.1, -0.05) is 42.1 Å². The fourth-order valence-corrected chi connectivity index (χ4v) is 7.21. The zero-order valence-electron chi connectivity index (χ0n) is 17.0. The van der Waals surface area contributed by atoms with E-state index in [1.54, 1.807) is 0 Å². The van der Waals surface area contributed by atoms with Gasteiger partial charge in [-0.2, -0.15) is 0 Å². The first-order valence-electron chi connectivity index (χ1n) is 10.8. The number of nitrogens with two attached hydrogens (primary N) is 1. The van der Waals surface area contributed by atoms with Gasteiger partial charge in [0.25, 0.3) is 0 Å². The van der Waals surface area contributed by atoms with E-state index in [1.165, 1.54) is 55.0 Å². The highest BCUT2D eigenvalue weighted by Crippen LogP contribution is 2.61. The SMILES string of the molecule is C[C@H](NC(=O)CSc1nc(-c2ccccc2)cn1N)C12CC3CC(CC(C3)C1)C2. The first-order valence-corrected chi connectivity index (χ1v) is 11.8. The number of aromatic nitrogens is 2. The number of carbonyl (C=O) groups is 1. The molecule has 154 valence electrons. The Balaban J connectivity index is 1.19. The molecule has 1 aromatic heterocycles. The van der Waals surface area contributed by atoms with Gasteiger partial charge in [-0.25, -0.2) is 9.66 Å². The van der Waals surface area contributed by atoms with Gasteiger partial charge in [0.2, 0.25) is 5.91 Å². The lowest BCUT2D eigenvalue weighted by atomic mass is 9.48. The average molecular weight is 411 g/mol. The molecule has 1 heterocycles. The van der Waals surface area contributed by atoms with Gasteiger partial charge in [-0.05, 0) is 68.6 Å². The summed E-state index contributed by atoms with van der Waals surface area (Å²) >= 11 is 1.40. The summed E-state index contributed by atoms with van der Waals surface area (Å²) in [6.45, 7) is 2.23. The molecule has 5 nitrogen and oxygen atoms in total. The molecule has 4 saturated carbocycles. The second-order valence-corrected chi connectivity index (χ2v) is 10.5. The molecule has 1 aromatic carbocycles. The van der Waals surface area contributed by atoms with Crippen LogP contribution in [0.25, 0.3) is 11.3 Å². The van der Waals surface area contributed by atoms with Crippen LogP contribution < -0.4 is 11.2 Å². The molecule has 4 bridgehead atoms. The van der Waals surface area contributed by atoms with Crippen molar-refractivity contribution >= 4 is 17.7 Å². The predicted octanol–water partition coefficient (Wildman–Crippen LogP) is 4.08. The molecular formula is C23H30N4OS. The summed E-state index contributed by atoms with van der Waals surface area (Å²) in [7, 11) is 0. The van der Waals surface area contributed by atoms with Crippen LogP contribution in [0.15, 0.2) is 41.7 Å². The number of amides is 1. The minimum absolute atomic E-state index is 0.0857. The van der Waals surface area contributed by atoms with Crippen molar-refractivity contribution in [2.45, 2.75) is 56.6 Å². The maximum absolute atomic E-state index is 12.7. The van der Waals surface area contributed by atoms with Crippen molar-refractivity contribution in [1.82, 2.24) is 15.0 Å². The number of nitrogens with one attached hydrogen (secondary N) is 1. The van der Waals surface area contributed by atoms with E-state index in [0.29, 0.717) is 16.3 Å². The Morgan fingerprint density at radius 1 is 1.21 bits per heavy atom. The van der Waals surface area contributed by atoms with Crippen molar-refractivity contribution in [1.29, 1.82) is 0 Å². The molecule has 0 aliphatic heterocycles. The van der Waals surface area contributed by atoms with Crippen molar-refractivity contribution in [3.8, 4) is 11.3 Å². The van der Waals surface area contributed by atoms with Crippen LogP contribution in [-0.4, -0.2) is 27.4 Å². The quantitative estimate of drug-likeness (QED) is 0.556. The van der Waals surface area contributed by atoms with E-state index in [0.717, 1.165) is 29.0 Å². The molecule has 0 unspecified atom stereocenters. The number of carbonyl (C=O) groups excluding carboxylic acids is 1. The largest absolute Gasteiger partial charge is 0.352 e. The fraction of sp³-hybridized carbons (Fsp3) is 0.565. The van der Waals surface area contributed by atoms with Gasteiger partial charge in [0.15, 0.2) is 5.16 Å². The smallest absolute Gasteiger partial charge is 0.230 e. The maximum atomic E-state index is 12.7. The molecule has 0 spiro atoms. The second kappa shape index (κ2) is 7.38. The van der Waals surface area contributed by atoms with E-state index in [9.17, 15) is 4.79 Å². The number of nitrogen functional groups attached to an aromatic ring is 1. The monoisotopic (exact) mass is 410 g/mol. The lowest BCUT2D eigenvalue weighted by molar-refractivity contribution is -0.123. The van der Waals surface area contributed by atoms with Crippen LogP contribution in [0.2, 0.25) is 0 Å². The average Bonchev–Trinajstić information content (AvgIpc) is 3.07. The molecular weight excluding hydrogens is 380 g/mol. The molecule has 0 radical (unpaired) electrons. The Bertz CT molecular complexity index is 858. The summed E-state index contributed by atoms with van der Waals surface area (Å²) in [5.74, 6) is 9.20. The van der Waals surface area contributed by atoms with Gasteiger partial charge in [0.05, 0.1) is 17.6 Å². The minimum atomic E-state index is 0.0857. The zero-order valence-corrected chi connectivity index (χ0v) is 17.8. The minimum Gasteiger partial charge on any atom is -0.352 e. The molecule has 4 aliphatic rings. The Morgan fingerprint density at radius 2 is 1.83 bits per heavy atom. The Morgan fingerprint density at radius 3 is 2.45 bits per heavy atom. The lowest BCUT2D eigenvalue weighted by Crippen LogP contribution is -2.56. The van der Waals surface area contributed by atoms with Crippen LogP contribution in [0.3, 0.4) is 0 Å². The van der Waals surface area contributed by atoms with Crippen LogP contribution in [-0.2, 0) is 4.79 Å². The van der Waals surface area contributed by atoms with Crippen molar-refractivity contribution in [2.75, 3.05) is 11.6 Å². The topological polar surface area (TPSA) is 72.9 Å². The highest BCUT2D eigenvalue weighted by Gasteiger charge is 2.53. The summed E-state index contributed by atoms with van der Waals surface area (Å²) in [5.41, 5.74) is 2.19. The van der Waals surface area contributed by atoms with E-state index in [-0.39, 0.29) is 11.9 Å². The molecule has 2 aromatic rings. The Labute approximate surface area is 176 Å². The Kier molecular flexibility index (Phi) is 4.85. The standard InChI is InChI=1S/C23H30N4OS/c1-15(23-10-16-7-17(11-23)9-18(8-16)12-23)25-21(28)14-29-22-26-20(13-27(22)24)19-5-3-2-4-6-19/h2-6,13,15-18H,7-12,14,24H2,1H3,(H,25,28)/t15-,16?,17?,18?,23?/m0/s1. The lowest BCUT2D eigenvalue weighted by Gasteiger charge is -2.59. The van der Waals surface area contributed by atoms with Gasteiger partial charge >= 0.3 is 0 Å². The zero-order chi connectivity index (χ0) is 20.0. The van der Waals surface area contributed by atoms with E-state index in [2.05, 4.69) is 17.2 Å². The number of hydrogen-bond donors (Lipinski definition) is 2. The fourth-order valence-electron chi connectivity index (χ4n) is 6.51. The number of thioether (sulfide) groups is 1. The number of rotatable bonds is 6. The van der Waals surface area contributed by atoms with Crippen molar-refractivity contribution in [3.63, 3.8) is 0 Å². The third-order valence-corrected chi connectivity index (χ3v) is 8.45. The van der Waals surface area contributed by atoms with Gasteiger partial charge in [0.1, 0.15) is 0 Å². The molecule has 0 saturated heterocycles.